The van der Waals surface area contributed by atoms with Gasteiger partial charge in [-0.3, -0.25) is 4.68 Å². The molecule has 21 heavy (non-hydrogen) atoms. The van der Waals surface area contributed by atoms with E-state index in [0.29, 0.717) is 17.5 Å². The summed E-state index contributed by atoms with van der Waals surface area (Å²) in [4.78, 5) is 4.44. The third-order valence-corrected chi connectivity index (χ3v) is 3.37. The van der Waals surface area contributed by atoms with E-state index >= 15 is 0 Å². The number of hydrogen-bond acceptors (Lipinski definition) is 4. The molecule has 0 amide bonds. The lowest BCUT2D eigenvalue weighted by Gasteiger charge is -2.02. The van der Waals surface area contributed by atoms with E-state index in [2.05, 4.69) is 15.4 Å². The fourth-order valence-electron chi connectivity index (χ4n) is 1.99. The Morgan fingerprint density at radius 3 is 2.95 bits per heavy atom. The summed E-state index contributed by atoms with van der Waals surface area (Å²) in [6, 6.07) is 9.42. The topological polar surface area (TPSA) is 55.9 Å². The molecule has 0 atom stereocenters. The summed E-state index contributed by atoms with van der Waals surface area (Å²) in [5, 5.41) is 8.08. The minimum Gasteiger partial charge on any atom is -0.444 e. The van der Waals surface area contributed by atoms with Crippen molar-refractivity contribution in [1.29, 1.82) is 0 Å². The van der Waals surface area contributed by atoms with E-state index in [0.717, 1.165) is 24.3 Å². The molecule has 2 aromatic heterocycles. The zero-order chi connectivity index (χ0) is 14.5. The van der Waals surface area contributed by atoms with Gasteiger partial charge in [0.2, 0.25) is 5.89 Å². The summed E-state index contributed by atoms with van der Waals surface area (Å²) in [5.41, 5.74) is 1.66. The molecule has 0 saturated heterocycles. The van der Waals surface area contributed by atoms with Crippen molar-refractivity contribution in [1.82, 2.24) is 20.1 Å². The molecule has 0 unspecified atom stereocenters. The van der Waals surface area contributed by atoms with Crippen molar-refractivity contribution in [3.63, 3.8) is 0 Å². The van der Waals surface area contributed by atoms with E-state index in [4.69, 9.17) is 16.0 Å². The van der Waals surface area contributed by atoms with Crippen LogP contribution in [0.1, 0.15) is 5.69 Å². The predicted molar refractivity (Wildman–Crippen MR) is 80.9 cm³/mol. The first-order valence-corrected chi connectivity index (χ1v) is 7.08. The van der Waals surface area contributed by atoms with Gasteiger partial charge < -0.3 is 9.73 Å². The average Bonchev–Trinajstić information content (AvgIpc) is 3.16. The quantitative estimate of drug-likeness (QED) is 0.711. The molecule has 3 aromatic rings. The van der Waals surface area contributed by atoms with Crippen molar-refractivity contribution in [2.24, 2.45) is 0 Å². The van der Waals surface area contributed by atoms with Crippen LogP contribution >= 0.6 is 11.6 Å². The van der Waals surface area contributed by atoms with Crippen LogP contribution in [0.5, 0.6) is 0 Å². The highest BCUT2D eigenvalue weighted by Gasteiger charge is 2.09. The van der Waals surface area contributed by atoms with E-state index in [9.17, 15) is 0 Å². The zero-order valence-corrected chi connectivity index (χ0v) is 12.1. The summed E-state index contributed by atoms with van der Waals surface area (Å²) >= 11 is 6.13. The first kappa shape index (κ1) is 13.9. The Bertz CT molecular complexity index is 693. The van der Waals surface area contributed by atoms with Crippen molar-refractivity contribution in [3.05, 3.63) is 59.7 Å². The van der Waals surface area contributed by atoms with Crippen LogP contribution in [0.2, 0.25) is 5.02 Å². The van der Waals surface area contributed by atoms with E-state index in [1.807, 2.05) is 41.2 Å². The fraction of sp³-hybridized carbons (Fsp3) is 0.200. The molecule has 2 heterocycles. The molecule has 0 aliphatic carbocycles. The number of benzene rings is 1. The maximum absolute atomic E-state index is 6.13. The SMILES string of the molecule is Clc1ccccc1-c1nc(CNCCn2cccn2)co1. The van der Waals surface area contributed by atoms with Crippen LogP contribution in [-0.2, 0) is 13.1 Å². The van der Waals surface area contributed by atoms with Gasteiger partial charge in [-0.1, -0.05) is 23.7 Å². The summed E-state index contributed by atoms with van der Waals surface area (Å²) in [7, 11) is 0. The highest BCUT2D eigenvalue weighted by Crippen LogP contribution is 2.26. The van der Waals surface area contributed by atoms with Crippen LogP contribution in [-0.4, -0.2) is 21.3 Å². The second kappa shape index (κ2) is 6.56. The first-order valence-electron chi connectivity index (χ1n) is 6.70. The summed E-state index contributed by atoms with van der Waals surface area (Å²) in [6.07, 6.45) is 5.36. The molecule has 3 rings (SSSR count). The van der Waals surface area contributed by atoms with Crippen molar-refractivity contribution in [2.45, 2.75) is 13.1 Å². The van der Waals surface area contributed by atoms with Gasteiger partial charge in [0.15, 0.2) is 0 Å². The standard InChI is InChI=1S/C15H15ClN4O/c16-14-5-2-1-4-13(14)15-19-12(11-21-15)10-17-7-9-20-8-3-6-18-20/h1-6,8,11,17H,7,9-10H2. The second-order valence-corrected chi connectivity index (χ2v) is 4.98. The van der Waals surface area contributed by atoms with Crippen LogP contribution in [0.15, 0.2) is 53.4 Å². The molecule has 108 valence electrons. The molecular weight excluding hydrogens is 288 g/mol. The van der Waals surface area contributed by atoms with Crippen LogP contribution in [0.25, 0.3) is 11.5 Å². The minimum atomic E-state index is 0.546. The normalized spacial score (nSPS) is 10.9. The van der Waals surface area contributed by atoms with Crippen LogP contribution in [0.3, 0.4) is 0 Å². The zero-order valence-electron chi connectivity index (χ0n) is 11.4. The maximum atomic E-state index is 6.13. The van der Waals surface area contributed by atoms with Crippen molar-refractivity contribution < 1.29 is 4.42 Å². The predicted octanol–water partition coefficient (Wildman–Crippen LogP) is 2.98. The molecule has 0 aliphatic heterocycles. The van der Waals surface area contributed by atoms with Gasteiger partial charge in [-0.15, -0.1) is 0 Å². The highest BCUT2D eigenvalue weighted by atomic mass is 35.5. The largest absolute Gasteiger partial charge is 0.444 e. The van der Waals surface area contributed by atoms with E-state index < -0.39 is 0 Å². The molecule has 0 fully saturated rings. The minimum absolute atomic E-state index is 0.546. The Labute approximate surface area is 127 Å². The molecule has 5 nitrogen and oxygen atoms in total. The molecule has 0 radical (unpaired) electrons. The van der Waals surface area contributed by atoms with Gasteiger partial charge in [0.1, 0.15) is 6.26 Å². The molecule has 1 aromatic carbocycles. The number of hydrogen-bond donors (Lipinski definition) is 1. The Morgan fingerprint density at radius 2 is 2.14 bits per heavy atom. The number of rotatable bonds is 6. The van der Waals surface area contributed by atoms with Gasteiger partial charge in [-0.25, -0.2) is 4.98 Å². The lowest BCUT2D eigenvalue weighted by Crippen LogP contribution is -2.19. The highest BCUT2D eigenvalue weighted by molar-refractivity contribution is 6.33. The molecule has 0 spiro atoms. The Balaban J connectivity index is 1.55. The summed E-state index contributed by atoms with van der Waals surface area (Å²) in [5.74, 6) is 0.546. The van der Waals surface area contributed by atoms with Crippen LogP contribution < -0.4 is 5.32 Å². The molecule has 6 heteroatoms. The third-order valence-electron chi connectivity index (χ3n) is 3.04. The van der Waals surface area contributed by atoms with Crippen LogP contribution in [0.4, 0.5) is 0 Å². The smallest absolute Gasteiger partial charge is 0.227 e. The van der Waals surface area contributed by atoms with Gasteiger partial charge in [-0.2, -0.15) is 5.10 Å². The maximum Gasteiger partial charge on any atom is 0.227 e. The summed E-state index contributed by atoms with van der Waals surface area (Å²) in [6.45, 7) is 2.29. The number of aromatic nitrogens is 3. The Kier molecular flexibility index (Phi) is 4.33. The van der Waals surface area contributed by atoms with E-state index in [1.165, 1.54) is 0 Å². The van der Waals surface area contributed by atoms with Gasteiger partial charge in [0.25, 0.3) is 0 Å². The lowest BCUT2D eigenvalue weighted by molar-refractivity contribution is 0.546. The van der Waals surface area contributed by atoms with Crippen LogP contribution in [0, 0.1) is 0 Å². The number of halogens is 1. The first-order chi connectivity index (χ1) is 10.3. The van der Waals surface area contributed by atoms with Gasteiger partial charge in [0, 0.05) is 25.5 Å². The molecule has 0 saturated carbocycles. The van der Waals surface area contributed by atoms with E-state index in [1.54, 1.807) is 12.5 Å². The van der Waals surface area contributed by atoms with Crippen molar-refractivity contribution >= 4 is 11.6 Å². The monoisotopic (exact) mass is 302 g/mol. The van der Waals surface area contributed by atoms with Gasteiger partial charge in [-0.05, 0) is 18.2 Å². The molecular formula is C15H15ClN4O. The molecule has 0 aliphatic rings. The lowest BCUT2D eigenvalue weighted by atomic mass is 10.2. The van der Waals surface area contributed by atoms with Gasteiger partial charge in [0.05, 0.1) is 22.8 Å². The number of nitrogens with one attached hydrogen (secondary N) is 1. The van der Waals surface area contributed by atoms with Crippen molar-refractivity contribution in [3.8, 4) is 11.5 Å². The Hall–Kier alpha value is -2.11. The third kappa shape index (κ3) is 3.51. The summed E-state index contributed by atoms with van der Waals surface area (Å²) < 4.78 is 7.36. The molecule has 0 bridgehead atoms. The van der Waals surface area contributed by atoms with Crippen molar-refractivity contribution in [2.75, 3.05) is 6.54 Å². The number of oxazole rings is 1. The van der Waals surface area contributed by atoms with Gasteiger partial charge >= 0.3 is 0 Å². The second-order valence-electron chi connectivity index (χ2n) is 4.57. The fourth-order valence-corrected chi connectivity index (χ4v) is 2.21. The van der Waals surface area contributed by atoms with E-state index in [-0.39, 0.29) is 0 Å². The molecule has 1 N–H and O–H groups in total. The Morgan fingerprint density at radius 1 is 1.24 bits per heavy atom. The average molecular weight is 303 g/mol. The number of nitrogens with zero attached hydrogens (tertiary/aromatic N) is 3.